The number of rotatable bonds is 9. The Morgan fingerprint density at radius 2 is 1.83 bits per heavy atom. The maximum atomic E-state index is 12.8. The molecule has 0 unspecified atom stereocenters. The number of carbonyl (C=O) groups excluding carboxylic acids is 1. The van der Waals surface area contributed by atoms with Gasteiger partial charge in [-0.2, -0.15) is 5.26 Å². The summed E-state index contributed by atoms with van der Waals surface area (Å²) in [5, 5.41) is 20.1. The van der Waals surface area contributed by atoms with Crippen LogP contribution in [0, 0.1) is 32.1 Å². The third kappa shape index (κ3) is 5.49. The highest BCUT2D eigenvalue weighted by atomic mass is 16.5. The molecule has 0 bridgehead atoms. The van der Waals surface area contributed by atoms with Crippen molar-refractivity contribution in [3.63, 3.8) is 0 Å². The van der Waals surface area contributed by atoms with Crippen molar-refractivity contribution in [2.24, 2.45) is 0 Å². The number of aromatic nitrogens is 1. The van der Waals surface area contributed by atoms with Gasteiger partial charge in [-0.25, -0.2) is 0 Å². The Labute approximate surface area is 176 Å². The predicted octanol–water partition coefficient (Wildman–Crippen LogP) is 3.43. The standard InChI is InChI=1S/C23H28N2O5/c1-14(2)29-8-6-7-25-22(27)19(12-24)17(5)21(23(25)28)20(26)13-30-18-10-15(3)9-16(4)11-18/h9-11,14,28H,6-8,13H2,1-5H3. The van der Waals surface area contributed by atoms with Gasteiger partial charge in [0.1, 0.15) is 17.4 Å². The van der Waals surface area contributed by atoms with Crippen molar-refractivity contribution in [3.8, 4) is 17.7 Å². The maximum absolute atomic E-state index is 12.8. The molecule has 1 N–H and O–H groups in total. The van der Waals surface area contributed by atoms with E-state index >= 15 is 0 Å². The summed E-state index contributed by atoms with van der Waals surface area (Å²) in [6, 6.07) is 7.46. The average molecular weight is 412 g/mol. The van der Waals surface area contributed by atoms with Gasteiger partial charge in [0.2, 0.25) is 11.7 Å². The quantitative estimate of drug-likeness (QED) is 0.500. The molecule has 0 aliphatic rings. The lowest BCUT2D eigenvalue weighted by atomic mass is 10.0. The predicted molar refractivity (Wildman–Crippen MR) is 113 cm³/mol. The summed E-state index contributed by atoms with van der Waals surface area (Å²) in [4.78, 5) is 25.4. The first kappa shape index (κ1) is 23.2. The molecule has 0 spiro atoms. The van der Waals surface area contributed by atoms with Crippen molar-refractivity contribution in [1.82, 2.24) is 4.57 Å². The van der Waals surface area contributed by atoms with Crippen LogP contribution in [0.5, 0.6) is 11.6 Å². The van der Waals surface area contributed by atoms with Gasteiger partial charge in [0.15, 0.2) is 6.61 Å². The van der Waals surface area contributed by atoms with Crippen molar-refractivity contribution in [1.29, 1.82) is 5.26 Å². The molecule has 1 aromatic carbocycles. The number of Topliss-reactive ketones (excluding diaryl/α,β-unsaturated/α-hetero) is 1. The number of hydrogen-bond donors (Lipinski definition) is 1. The highest BCUT2D eigenvalue weighted by molar-refractivity contribution is 6.01. The number of ketones is 1. The smallest absolute Gasteiger partial charge is 0.271 e. The summed E-state index contributed by atoms with van der Waals surface area (Å²) in [6.07, 6.45) is 0.495. The van der Waals surface area contributed by atoms with Crippen molar-refractivity contribution in [3.05, 3.63) is 56.4 Å². The Bertz CT molecular complexity index is 1010. The fraction of sp³-hybridized carbons (Fsp3) is 0.435. The average Bonchev–Trinajstić information content (AvgIpc) is 2.65. The first-order valence-electron chi connectivity index (χ1n) is 9.88. The number of aromatic hydroxyl groups is 1. The molecule has 2 aromatic rings. The summed E-state index contributed by atoms with van der Waals surface area (Å²) >= 11 is 0. The van der Waals surface area contributed by atoms with Crippen molar-refractivity contribution >= 4 is 5.78 Å². The Kier molecular flexibility index (Phi) is 7.79. The van der Waals surface area contributed by atoms with Crippen LogP contribution in [-0.2, 0) is 11.3 Å². The van der Waals surface area contributed by atoms with Crippen LogP contribution in [-0.4, -0.2) is 34.8 Å². The van der Waals surface area contributed by atoms with E-state index in [1.807, 2.05) is 52.0 Å². The van der Waals surface area contributed by atoms with Gasteiger partial charge in [0, 0.05) is 13.2 Å². The molecule has 0 aliphatic carbocycles. The van der Waals surface area contributed by atoms with Crippen LogP contribution in [0.2, 0.25) is 0 Å². The van der Waals surface area contributed by atoms with Gasteiger partial charge in [0.05, 0.1) is 11.7 Å². The largest absolute Gasteiger partial charge is 0.494 e. The van der Waals surface area contributed by atoms with Crippen LogP contribution in [0.25, 0.3) is 0 Å². The number of pyridine rings is 1. The number of hydrogen-bond acceptors (Lipinski definition) is 6. The summed E-state index contributed by atoms with van der Waals surface area (Å²) < 4.78 is 12.1. The van der Waals surface area contributed by atoms with Gasteiger partial charge in [-0.3, -0.25) is 14.2 Å². The van der Waals surface area contributed by atoms with Gasteiger partial charge in [-0.15, -0.1) is 0 Å². The molecule has 2 rings (SSSR count). The monoisotopic (exact) mass is 412 g/mol. The number of benzene rings is 1. The highest BCUT2D eigenvalue weighted by Crippen LogP contribution is 2.23. The van der Waals surface area contributed by atoms with E-state index in [9.17, 15) is 20.0 Å². The highest BCUT2D eigenvalue weighted by Gasteiger charge is 2.24. The minimum Gasteiger partial charge on any atom is -0.494 e. The molecule has 0 saturated carbocycles. The first-order chi connectivity index (χ1) is 14.1. The summed E-state index contributed by atoms with van der Waals surface area (Å²) in [5.74, 6) is -0.416. The van der Waals surface area contributed by atoms with E-state index in [0.717, 1.165) is 15.7 Å². The van der Waals surface area contributed by atoms with Crippen LogP contribution in [0.3, 0.4) is 0 Å². The van der Waals surface area contributed by atoms with Crippen LogP contribution < -0.4 is 10.3 Å². The SMILES string of the molecule is Cc1cc(C)cc(OCC(=O)c2c(C)c(C#N)c(=O)n(CCCOC(C)C)c2O)c1. The topological polar surface area (TPSA) is 102 Å². The number of nitriles is 1. The minimum atomic E-state index is -0.621. The normalized spacial score (nSPS) is 10.8. The zero-order valence-corrected chi connectivity index (χ0v) is 18.1. The molecule has 30 heavy (non-hydrogen) atoms. The molecule has 0 atom stereocenters. The molecular weight excluding hydrogens is 384 g/mol. The molecule has 7 nitrogen and oxygen atoms in total. The molecule has 7 heteroatoms. The van der Waals surface area contributed by atoms with E-state index in [1.165, 1.54) is 6.92 Å². The molecular formula is C23H28N2O5. The first-order valence-corrected chi connectivity index (χ1v) is 9.88. The number of ether oxygens (including phenoxy) is 2. The van der Waals surface area contributed by atoms with E-state index in [1.54, 1.807) is 0 Å². The lowest BCUT2D eigenvalue weighted by Crippen LogP contribution is -2.28. The Morgan fingerprint density at radius 1 is 1.20 bits per heavy atom. The molecule has 0 saturated heterocycles. The van der Waals surface area contributed by atoms with Crippen LogP contribution >= 0.6 is 0 Å². The second-order valence-electron chi connectivity index (χ2n) is 7.58. The summed E-state index contributed by atoms with van der Waals surface area (Å²) in [5.41, 5.74) is 1.31. The molecule has 0 amide bonds. The third-order valence-electron chi connectivity index (χ3n) is 4.62. The third-order valence-corrected chi connectivity index (χ3v) is 4.62. The lowest BCUT2D eigenvalue weighted by Gasteiger charge is -2.16. The Balaban J connectivity index is 2.31. The second-order valence-corrected chi connectivity index (χ2v) is 7.58. The zero-order chi connectivity index (χ0) is 22.4. The Hall–Kier alpha value is -3.11. The van der Waals surface area contributed by atoms with E-state index in [-0.39, 0.29) is 35.9 Å². The minimum absolute atomic E-state index is 0.0440. The van der Waals surface area contributed by atoms with E-state index in [2.05, 4.69) is 0 Å². The van der Waals surface area contributed by atoms with Gasteiger partial charge >= 0.3 is 0 Å². The molecule has 0 fully saturated rings. The Morgan fingerprint density at radius 3 is 2.40 bits per heavy atom. The molecule has 0 aliphatic heterocycles. The van der Waals surface area contributed by atoms with Crippen LogP contribution in [0.15, 0.2) is 23.0 Å². The molecule has 0 radical (unpaired) electrons. The van der Waals surface area contributed by atoms with Gasteiger partial charge in [-0.1, -0.05) is 6.07 Å². The molecule has 1 aromatic heterocycles. The van der Waals surface area contributed by atoms with Crippen LogP contribution in [0.1, 0.15) is 52.9 Å². The van der Waals surface area contributed by atoms with E-state index in [0.29, 0.717) is 18.8 Å². The fourth-order valence-corrected chi connectivity index (χ4v) is 3.27. The van der Waals surface area contributed by atoms with Crippen molar-refractivity contribution in [2.45, 2.75) is 53.7 Å². The van der Waals surface area contributed by atoms with Gasteiger partial charge < -0.3 is 14.6 Å². The summed E-state index contributed by atoms with van der Waals surface area (Å²) in [6.45, 7) is 9.33. The van der Waals surface area contributed by atoms with E-state index < -0.39 is 17.2 Å². The van der Waals surface area contributed by atoms with Crippen molar-refractivity contribution < 1.29 is 19.4 Å². The zero-order valence-electron chi connectivity index (χ0n) is 18.1. The number of carbonyl (C=O) groups is 1. The van der Waals surface area contributed by atoms with Crippen molar-refractivity contribution in [2.75, 3.05) is 13.2 Å². The molecule has 1 heterocycles. The van der Waals surface area contributed by atoms with Gasteiger partial charge in [0.25, 0.3) is 5.56 Å². The van der Waals surface area contributed by atoms with E-state index in [4.69, 9.17) is 9.47 Å². The second kappa shape index (κ2) is 10.1. The summed E-state index contributed by atoms with van der Waals surface area (Å²) in [7, 11) is 0. The van der Waals surface area contributed by atoms with Crippen LogP contribution in [0.4, 0.5) is 0 Å². The lowest BCUT2D eigenvalue weighted by molar-refractivity contribution is 0.0743. The number of aryl methyl sites for hydroxylation is 2. The van der Waals surface area contributed by atoms with Gasteiger partial charge in [-0.05, 0) is 69.9 Å². The maximum Gasteiger partial charge on any atom is 0.271 e. The molecule has 160 valence electrons. The fourth-order valence-electron chi connectivity index (χ4n) is 3.27. The number of nitrogens with zero attached hydrogens (tertiary/aromatic N) is 2.